The first-order valence-corrected chi connectivity index (χ1v) is 8.58. The van der Waals surface area contributed by atoms with Gasteiger partial charge in [-0.15, -0.1) is 0 Å². The Balaban J connectivity index is 2.27. The molecule has 1 heterocycles. The summed E-state index contributed by atoms with van der Waals surface area (Å²) in [6.45, 7) is 8.81. The molecule has 0 bridgehead atoms. The summed E-state index contributed by atoms with van der Waals surface area (Å²) in [6, 6.07) is -0.302. The molecule has 0 aromatic carbocycles. The largest absolute Gasteiger partial charge is 0.340 e. The third-order valence-corrected chi connectivity index (χ3v) is 5.41. The number of carbonyl (C=O) groups excluding carboxylic acids is 2. The first-order valence-electron chi connectivity index (χ1n) is 8.58. The lowest BCUT2D eigenvalue weighted by atomic mass is 9.84. The maximum Gasteiger partial charge on any atom is 0.249 e. The number of carbonyl (C=O) groups is 2. The second kappa shape index (κ2) is 6.37. The van der Waals surface area contributed by atoms with E-state index in [1.54, 1.807) is 0 Å². The van der Waals surface area contributed by atoms with Crippen LogP contribution in [0.25, 0.3) is 0 Å². The average molecular weight is 294 g/mol. The summed E-state index contributed by atoms with van der Waals surface area (Å²) in [7, 11) is 0. The van der Waals surface area contributed by atoms with Crippen molar-refractivity contribution >= 4 is 11.8 Å². The molecule has 0 aromatic heterocycles. The number of hydrogen-bond acceptors (Lipinski definition) is 2. The quantitative estimate of drug-likeness (QED) is 0.847. The third-order valence-electron chi connectivity index (χ3n) is 5.41. The molecule has 1 aliphatic heterocycles. The van der Waals surface area contributed by atoms with E-state index in [1.165, 1.54) is 25.7 Å². The number of hydrogen-bond donors (Lipinski definition) is 1. The number of nitrogens with zero attached hydrogens (tertiary/aromatic N) is 1. The van der Waals surface area contributed by atoms with E-state index in [9.17, 15) is 9.59 Å². The van der Waals surface area contributed by atoms with Crippen LogP contribution in [-0.4, -0.2) is 34.8 Å². The van der Waals surface area contributed by atoms with Gasteiger partial charge in [0.25, 0.3) is 0 Å². The van der Waals surface area contributed by atoms with E-state index in [1.807, 2.05) is 32.6 Å². The second-order valence-corrected chi connectivity index (χ2v) is 7.08. The standard InChI is InChI=1S/C17H30N2O2/c1-5-17(6-2)16(21)19(11-13-9-7-8-10-13)14(12(3)4)15(20)18-17/h12-14H,5-11H2,1-4H3,(H,18,20). The molecule has 0 radical (unpaired) electrons. The van der Waals surface area contributed by atoms with Crippen molar-refractivity contribution < 1.29 is 9.59 Å². The smallest absolute Gasteiger partial charge is 0.249 e. The van der Waals surface area contributed by atoms with Crippen molar-refractivity contribution in [1.82, 2.24) is 10.2 Å². The van der Waals surface area contributed by atoms with Gasteiger partial charge in [-0.3, -0.25) is 9.59 Å². The Bertz CT molecular complexity index is 396. The highest BCUT2D eigenvalue weighted by Gasteiger charge is 2.49. The van der Waals surface area contributed by atoms with Crippen molar-refractivity contribution in [3.8, 4) is 0 Å². The fraction of sp³-hybridized carbons (Fsp3) is 0.882. The minimum Gasteiger partial charge on any atom is -0.340 e. The molecule has 0 aromatic rings. The highest BCUT2D eigenvalue weighted by atomic mass is 16.2. The normalized spacial score (nSPS) is 26.5. The van der Waals surface area contributed by atoms with Crippen LogP contribution >= 0.6 is 0 Å². The molecule has 0 spiro atoms. The number of piperazine rings is 1. The summed E-state index contributed by atoms with van der Waals surface area (Å²) in [4.78, 5) is 27.6. The Kier molecular flexibility index (Phi) is 4.95. The molecule has 4 nitrogen and oxygen atoms in total. The van der Waals surface area contributed by atoms with Crippen molar-refractivity contribution in [2.24, 2.45) is 11.8 Å². The summed E-state index contributed by atoms with van der Waals surface area (Å²) in [5.41, 5.74) is -0.679. The first-order chi connectivity index (χ1) is 9.95. The van der Waals surface area contributed by atoms with Crippen LogP contribution in [-0.2, 0) is 9.59 Å². The third kappa shape index (κ3) is 2.95. The first kappa shape index (κ1) is 16.3. The predicted octanol–water partition coefficient (Wildman–Crippen LogP) is 2.72. The number of nitrogens with one attached hydrogen (secondary N) is 1. The molecule has 1 saturated carbocycles. The van der Waals surface area contributed by atoms with Gasteiger partial charge in [-0.05, 0) is 37.5 Å². The van der Waals surface area contributed by atoms with Crippen LogP contribution in [0.1, 0.15) is 66.2 Å². The zero-order valence-corrected chi connectivity index (χ0v) is 13.9. The van der Waals surface area contributed by atoms with Crippen molar-refractivity contribution in [2.75, 3.05) is 6.54 Å². The van der Waals surface area contributed by atoms with Gasteiger partial charge in [-0.25, -0.2) is 0 Å². The Morgan fingerprint density at radius 3 is 2.24 bits per heavy atom. The molecule has 2 rings (SSSR count). The van der Waals surface area contributed by atoms with E-state index in [0.29, 0.717) is 18.8 Å². The number of amides is 2. The average Bonchev–Trinajstić information content (AvgIpc) is 2.95. The minimum absolute atomic E-state index is 0.0336. The molecule has 1 saturated heterocycles. The topological polar surface area (TPSA) is 49.4 Å². The van der Waals surface area contributed by atoms with Gasteiger partial charge in [0.1, 0.15) is 11.6 Å². The Morgan fingerprint density at radius 2 is 1.76 bits per heavy atom. The molecular weight excluding hydrogens is 264 g/mol. The summed E-state index contributed by atoms with van der Waals surface area (Å²) < 4.78 is 0. The summed E-state index contributed by atoms with van der Waals surface area (Å²) >= 11 is 0. The molecule has 21 heavy (non-hydrogen) atoms. The molecule has 4 heteroatoms. The SMILES string of the molecule is CCC1(CC)NC(=O)C(C(C)C)N(CC2CCCC2)C1=O. The van der Waals surface area contributed by atoms with Crippen LogP contribution in [0, 0.1) is 11.8 Å². The molecule has 120 valence electrons. The molecule has 1 unspecified atom stereocenters. The van der Waals surface area contributed by atoms with E-state index < -0.39 is 5.54 Å². The van der Waals surface area contributed by atoms with Gasteiger partial charge in [0.15, 0.2) is 0 Å². The second-order valence-electron chi connectivity index (χ2n) is 7.08. The van der Waals surface area contributed by atoms with Crippen molar-refractivity contribution in [2.45, 2.75) is 77.8 Å². The van der Waals surface area contributed by atoms with E-state index >= 15 is 0 Å². The van der Waals surface area contributed by atoms with Gasteiger partial charge in [0, 0.05) is 6.54 Å². The zero-order chi connectivity index (χ0) is 15.6. The van der Waals surface area contributed by atoms with E-state index in [2.05, 4.69) is 5.32 Å². The monoisotopic (exact) mass is 294 g/mol. The minimum atomic E-state index is -0.679. The number of rotatable bonds is 5. The van der Waals surface area contributed by atoms with Gasteiger partial charge >= 0.3 is 0 Å². The Morgan fingerprint density at radius 1 is 1.19 bits per heavy atom. The van der Waals surface area contributed by atoms with Gasteiger partial charge in [-0.2, -0.15) is 0 Å². The van der Waals surface area contributed by atoms with Gasteiger partial charge in [0.05, 0.1) is 0 Å². The van der Waals surface area contributed by atoms with Crippen molar-refractivity contribution in [3.05, 3.63) is 0 Å². The van der Waals surface area contributed by atoms with E-state index in [0.717, 1.165) is 6.54 Å². The summed E-state index contributed by atoms with van der Waals surface area (Å²) in [5, 5.41) is 3.04. The van der Waals surface area contributed by atoms with E-state index in [4.69, 9.17) is 0 Å². The zero-order valence-electron chi connectivity index (χ0n) is 13.9. The molecular formula is C17H30N2O2. The molecule has 1 N–H and O–H groups in total. The molecule has 2 fully saturated rings. The van der Waals surface area contributed by atoms with Crippen LogP contribution in [0.4, 0.5) is 0 Å². The Labute approximate surface area is 128 Å². The fourth-order valence-corrected chi connectivity index (χ4v) is 3.97. The lowest BCUT2D eigenvalue weighted by molar-refractivity contribution is -0.158. The van der Waals surface area contributed by atoms with Gasteiger partial charge in [0.2, 0.25) is 11.8 Å². The summed E-state index contributed by atoms with van der Waals surface area (Å²) in [6.07, 6.45) is 6.25. The van der Waals surface area contributed by atoms with Crippen LogP contribution in [0.15, 0.2) is 0 Å². The van der Waals surface area contributed by atoms with Crippen molar-refractivity contribution in [1.29, 1.82) is 0 Å². The van der Waals surface area contributed by atoms with Crippen LogP contribution in [0.5, 0.6) is 0 Å². The van der Waals surface area contributed by atoms with Crippen LogP contribution in [0.3, 0.4) is 0 Å². The van der Waals surface area contributed by atoms with Crippen molar-refractivity contribution in [3.63, 3.8) is 0 Å². The van der Waals surface area contributed by atoms with Crippen LogP contribution < -0.4 is 5.32 Å². The molecule has 2 aliphatic rings. The van der Waals surface area contributed by atoms with E-state index in [-0.39, 0.29) is 23.8 Å². The summed E-state index contributed by atoms with van der Waals surface area (Å²) in [5.74, 6) is 0.901. The van der Waals surface area contributed by atoms with Gasteiger partial charge < -0.3 is 10.2 Å². The fourth-order valence-electron chi connectivity index (χ4n) is 3.97. The lowest BCUT2D eigenvalue weighted by Gasteiger charge is -2.47. The maximum atomic E-state index is 13.1. The highest BCUT2D eigenvalue weighted by Crippen LogP contribution is 2.32. The molecule has 1 atom stereocenters. The highest BCUT2D eigenvalue weighted by molar-refractivity contribution is 5.99. The molecule has 2 amide bonds. The van der Waals surface area contributed by atoms with Crippen LogP contribution in [0.2, 0.25) is 0 Å². The molecule has 1 aliphatic carbocycles. The predicted molar refractivity (Wildman–Crippen MR) is 83.8 cm³/mol. The lowest BCUT2D eigenvalue weighted by Crippen LogP contribution is -2.71. The Hall–Kier alpha value is -1.06. The maximum absolute atomic E-state index is 13.1. The van der Waals surface area contributed by atoms with Gasteiger partial charge in [-0.1, -0.05) is 40.5 Å².